The van der Waals surface area contributed by atoms with Crippen LogP contribution < -0.4 is 7.16 Å². The van der Waals surface area contributed by atoms with Gasteiger partial charge in [-0.3, -0.25) is 0 Å². The molecule has 0 aliphatic heterocycles. The van der Waals surface area contributed by atoms with E-state index >= 15 is 0 Å². The van der Waals surface area contributed by atoms with E-state index in [1.54, 1.807) is 7.16 Å². The van der Waals surface area contributed by atoms with Crippen molar-refractivity contribution in [3.05, 3.63) is 132 Å². The molecular formula is C26H24Sn. The predicted molar refractivity (Wildman–Crippen MR) is 118 cm³/mol. The summed E-state index contributed by atoms with van der Waals surface area (Å²) in [7, 11) is 0. The fourth-order valence-electron chi connectivity index (χ4n) is 4.04. The number of rotatable bonds is 6. The van der Waals surface area contributed by atoms with Crippen molar-refractivity contribution in [3.63, 3.8) is 0 Å². The van der Waals surface area contributed by atoms with Gasteiger partial charge in [-0.05, 0) is 0 Å². The fourth-order valence-corrected chi connectivity index (χ4v) is 17.7. The molecule has 0 amide bonds. The average Bonchev–Trinajstić information content (AvgIpc) is 2.76. The van der Waals surface area contributed by atoms with Crippen molar-refractivity contribution < 1.29 is 0 Å². The van der Waals surface area contributed by atoms with Gasteiger partial charge in [0.25, 0.3) is 0 Å². The Balaban J connectivity index is 1.90. The Morgan fingerprint density at radius 2 is 0.667 bits per heavy atom. The standard InChI is InChI=1S/2C7H7.2C6H5.Sn/c2*1-7-5-3-2-4-6-7;2*1-2-4-6-5-3-1;/h2*2-6H,1H2;2*1-5H;. The molecule has 0 bridgehead atoms. The molecule has 0 nitrogen and oxygen atoms in total. The maximum atomic E-state index is 2.37. The molecule has 0 saturated carbocycles. The van der Waals surface area contributed by atoms with Crippen LogP contribution in [0, 0.1) is 0 Å². The molecule has 0 saturated heterocycles. The van der Waals surface area contributed by atoms with Crippen LogP contribution in [-0.4, -0.2) is 18.4 Å². The van der Waals surface area contributed by atoms with Crippen molar-refractivity contribution in [2.45, 2.75) is 8.87 Å². The van der Waals surface area contributed by atoms with Crippen molar-refractivity contribution in [1.82, 2.24) is 0 Å². The minimum absolute atomic E-state index is 1.18. The summed E-state index contributed by atoms with van der Waals surface area (Å²) in [6.45, 7) is 0. The van der Waals surface area contributed by atoms with Gasteiger partial charge < -0.3 is 0 Å². The normalized spacial score (nSPS) is 11.3. The van der Waals surface area contributed by atoms with Crippen molar-refractivity contribution in [2.75, 3.05) is 0 Å². The third-order valence-corrected chi connectivity index (χ3v) is 19.3. The van der Waals surface area contributed by atoms with Gasteiger partial charge in [0.15, 0.2) is 0 Å². The van der Waals surface area contributed by atoms with E-state index < -0.39 is 18.4 Å². The Labute approximate surface area is 166 Å². The first-order chi connectivity index (χ1) is 13.4. The van der Waals surface area contributed by atoms with Crippen molar-refractivity contribution in [2.24, 2.45) is 0 Å². The summed E-state index contributed by atoms with van der Waals surface area (Å²) in [5.74, 6) is 0. The fraction of sp³-hybridized carbons (Fsp3) is 0.0769. The minimum atomic E-state index is -3.01. The third-order valence-electron chi connectivity index (χ3n) is 5.35. The summed E-state index contributed by atoms with van der Waals surface area (Å²) >= 11 is -3.01. The maximum absolute atomic E-state index is 3.01. The van der Waals surface area contributed by atoms with Crippen LogP contribution in [0.1, 0.15) is 11.1 Å². The molecule has 0 fully saturated rings. The van der Waals surface area contributed by atoms with E-state index in [1.807, 2.05) is 0 Å². The van der Waals surface area contributed by atoms with Crippen molar-refractivity contribution in [3.8, 4) is 0 Å². The zero-order valence-electron chi connectivity index (χ0n) is 15.5. The van der Waals surface area contributed by atoms with Gasteiger partial charge in [0, 0.05) is 0 Å². The summed E-state index contributed by atoms with van der Waals surface area (Å²) in [5.41, 5.74) is 2.91. The van der Waals surface area contributed by atoms with Gasteiger partial charge >= 0.3 is 167 Å². The Morgan fingerprint density at radius 1 is 0.370 bits per heavy atom. The van der Waals surface area contributed by atoms with Crippen molar-refractivity contribution >= 4 is 25.5 Å². The zero-order chi connectivity index (χ0) is 18.4. The van der Waals surface area contributed by atoms with E-state index in [0.717, 1.165) is 0 Å². The van der Waals surface area contributed by atoms with Crippen LogP contribution in [0.4, 0.5) is 0 Å². The molecule has 1 heteroatoms. The summed E-state index contributed by atoms with van der Waals surface area (Å²) in [4.78, 5) is 0. The van der Waals surface area contributed by atoms with E-state index in [1.165, 1.54) is 20.0 Å². The van der Waals surface area contributed by atoms with Crippen LogP contribution in [0.25, 0.3) is 0 Å². The van der Waals surface area contributed by atoms with E-state index in [4.69, 9.17) is 0 Å². The molecule has 0 aliphatic rings. The molecule has 0 aliphatic carbocycles. The zero-order valence-corrected chi connectivity index (χ0v) is 18.3. The van der Waals surface area contributed by atoms with Crippen LogP contribution in [0.15, 0.2) is 121 Å². The Morgan fingerprint density at radius 3 is 1.00 bits per heavy atom. The van der Waals surface area contributed by atoms with E-state index in [9.17, 15) is 0 Å². The molecule has 0 heterocycles. The molecule has 0 unspecified atom stereocenters. The monoisotopic (exact) mass is 456 g/mol. The molecule has 4 aromatic carbocycles. The summed E-state index contributed by atoms with van der Waals surface area (Å²) in [5, 5.41) is 0. The summed E-state index contributed by atoms with van der Waals surface area (Å²) < 4.78 is 5.51. The van der Waals surface area contributed by atoms with Crippen LogP contribution in [0.2, 0.25) is 0 Å². The van der Waals surface area contributed by atoms with Gasteiger partial charge in [-0.25, -0.2) is 0 Å². The molecule has 0 spiro atoms. The number of hydrogen-bond acceptors (Lipinski definition) is 0. The summed E-state index contributed by atoms with van der Waals surface area (Å²) in [6.07, 6.45) is 0. The van der Waals surface area contributed by atoms with Gasteiger partial charge in [0.1, 0.15) is 0 Å². The molecule has 0 N–H and O–H groups in total. The van der Waals surface area contributed by atoms with Crippen LogP contribution in [0.3, 0.4) is 0 Å². The van der Waals surface area contributed by atoms with Crippen molar-refractivity contribution in [1.29, 1.82) is 0 Å². The summed E-state index contributed by atoms with van der Waals surface area (Å²) in [6, 6.07) is 44.7. The first-order valence-corrected chi connectivity index (χ1v) is 16.4. The van der Waals surface area contributed by atoms with Crippen LogP contribution >= 0.6 is 0 Å². The number of benzene rings is 4. The van der Waals surface area contributed by atoms with E-state index in [-0.39, 0.29) is 0 Å². The first-order valence-electron chi connectivity index (χ1n) is 9.56. The quantitative estimate of drug-likeness (QED) is 0.366. The number of hydrogen-bond donors (Lipinski definition) is 0. The van der Waals surface area contributed by atoms with Gasteiger partial charge in [0.05, 0.1) is 0 Å². The average molecular weight is 455 g/mol. The predicted octanol–water partition coefficient (Wildman–Crippen LogP) is 4.81. The second kappa shape index (κ2) is 8.58. The molecule has 0 atom stereocenters. The molecule has 0 radical (unpaired) electrons. The van der Waals surface area contributed by atoms with Crippen LogP contribution in [-0.2, 0) is 8.87 Å². The molecule has 4 rings (SSSR count). The van der Waals surface area contributed by atoms with Gasteiger partial charge in [-0.1, -0.05) is 0 Å². The van der Waals surface area contributed by atoms with Crippen LogP contribution in [0.5, 0.6) is 0 Å². The van der Waals surface area contributed by atoms with E-state index in [0.29, 0.717) is 0 Å². The Bertz CT molecular complexity index is 865. The second-order valence-corrected chi connectivity index (χ2v) is 18.6. The first kappa shape index (κ1) is 18.1. The Hall–Kier alpha value is -2.32. The van der Waals surface area contributed by atoms with Gasteiger partial charge in [-0.15, -0.1) is 0 Å². The molecular weight excluding hydrogens is 431 g/mol. The molecule has 132 valence electrons. The molecule has 4 aromatic rings. The van der Waals surface area contributed by atoms with Gasteiger partial charge in [-0.2, -0.15) is 0 Å². The van der Waals surface area contributed by atoms with E-state index in [2.05, 4.69) is 121 Å². The second-order valence-electron chi connectivity index (χ2n) is 7.14. The topological polar surface area (TPSA) is 0 Å². The molecule has 27 heavy (non-hydrogen) atoms. The third kappa shape index (κ3) is 4.17. The molecule has 0 aromatic heterocycles. The SMILES string of the molecule is c1ccc([CH2][Sn]([CH2]c2ccccc2)([c]2ccccc2)[c]2ccccc2)cc1. The Kier molecular flexibility index (Phi) is 5.74. The van der Waals surface area contributed by atoms with Gasteiger partial charge in [0.2, 0.25) is 0 Å².